The molecule has 0 spiro atoms. The molecule has 23 heavy (non-hydrogen) atoms. The number of hydrogen-bond donors (Lipinski definition) is 1. The largest absolute Gasteiger partial charge is 0.376 e. The van der Waals surface area contributed by atoms with Crippen LogP contribution in [0.15, 0.2) is 42.7 Å². The van der Waals surface area contributed by atoms with Gasteiger partial charge < -0.3 is 14.8 Å². The van der Waals surface area contributed by atoms with E-state index in [0.717, 1.165) is 11.1 Å². The van der Waals surface area contributed by atoms with Crippen molar-refractivity contribution in [1.29, 1.82) is 0 Å². The predicted octanol–water partition coefficient (Wildman–Crippen LogP) is 2.55. The third-order valence-corrected chi connectivity index (χ3v) is 3.81. The fourth-order valence-corrected chi connectivity index (χ4v) is 2.45. The first-order chi connectivity index (χ1) is 11.2. The molecule has 0 bridgehead atoms. The van der Waals surface area contributed by atoms with E-state index in [4.69, 9.17) is 21.1 Å². The Morgan fingerprint density at radius 2 is 2.04 bits per heavy atom. The molecule has 3 rings (SSSR count). The molecular weight excluding hydrogens is 316 g/mol. The van der Waals surface area contributed by atoms with Crippen molar-refractivity contribution in [2.45, 2.75) is 6.10 Å². The van der Waals surface area contributed by atoms with Crippen molar-refractivity contribution in [3.8, 4) is 11.1 Å². The van der Waals surface area contributed by atoms with Crippen LogP contribution in [0.25, 0.3) is 11.1 Å². The molecule has 5 nitrogen and oxygen atoms in total. The van der Waals surface area contributed by atoms with Crippen LogP contribution in [0.4, 0.5) is 0 Å². The van der Waals surface area contributed by atoms with E-state index in [9.17, 15) is 4.79 Å². The summed E-state index contributed by atoms with van der Waals surface area (Å²) < 4.78 is 10.8. The van der Waals surface area contributed by atoms with Crippen LogP contribution in [0.3, 0.4) is 0 Å². The molecule has 0 saturated carbocycles. The van der Waals surface area contributed by atoms with Gasteiger partial charge in [-0.15, -0.1) is 0 Å². The number of amides is 1. The van der Waals surface area contributed by atoms with E-state index in [2.05, 4.69) is 10.3 Å². The smallest absolute Gasteiger partial charge is 0.252 e. The highest BCUT2D eigenvalue weighted by Gasteiger charge is 2.16. The molecule has 1 fully saturated rings. The molecular formula is C17H17ClN2O3. The van der Waals surface area contributed by atoms with Crippen LogP contribution in [0.1, 0.15) is 10.4 Å². The molecule has 1 saturated heterocycles. The van der Waals surface area contributed by atoms with Gasteiger partial charge in [-0.25, -0.2) is 0 Å². The number of carbonyl (C=O) groups excluding carboxylic acids is 1. The minimum Gasteiger partial charge on any atom is -0.376 e. The average Bonchev–Trinajstić information content (AvgIpc) is 2.61. The summed E-state index contributed by atoms with van der Waals surface area (Å²) in [6.07, 6.45) is 3.17. The Morgan fingerprint density at radius 3 is 2.78 bits per heavy atom. The number of aromatic nitrogens is 1. The number of carbonyl (C=O) groups is 1. The monoisotopic (exact) mass is 332 g/mol. The van der Waals surface area contributed by atoms with E-state index in [-0.39, 0.29) is 12.0 Å². The molecule has 1 aliphatic rings. The molecule has 1 aromatic carbocycles. The molecule has 0 radical (unpaired) electrons. The number of rotatable bonds is 4. The van der Waals surface area contributed by atoms with E-state index >= 15 is 0 Å². The second kappa shape index (κ2) is 7.55. The van der Waals surface area contributed by atoms with Gasteiger partial charge in [0.05, 0.1) is 31.5 Å². The molecule has 1 N–H and O–H groups in total. The van der Waals surface area contributed by atoms with Crippen molar-refractivity contribution in [3.05, 3.63) is 53.3 Å². The van der Waals surface area contributed by atoms with Crippen molar-refractivity contribution in [1.82, 2.24) is 10.3 Å². The SMILES string of the molecule is O=C(NCC1COCCO1)c1cncc(-c2ccc(Cl)cc2)c1. The van der Waals surface area contributed by atoms with Crippen LogP contribution in [-0.4, -0.2) is 43.4 Å². The molecule has 120 valence electrons. The molecule has 1 aromatic heterocycles. The number of nitrogens with one attached hydrogen (secondary N) is 1. The van der Waals surface area contributed by atoms with Gasteiger partial charge in [-0.05, 0) is 23.8 Å². The lowest BCUT2D eigenvalue weighted by Gasteiger charge is -2.23. The Bertz CT molecular complexity index is 670. The molecule has 1 unspecified atom stereocenters. The Balaban J connectivity index is 1.66. The number of hydrogen-bond acceptors (Lipinski definition) is 4. The summed E-state index contributed by atoms with van der Waals surface area (Å²) in [5.41, 5.74) is 2.33. The Morgan fingerprint density at radius 1 is 1.22 bits per heavy atom. The summed E-state index contributed by atoms with van der Waals surface area (Å²) in [6.45, 7) is 2.10. The van der Waals surface area contributed by atoms with Gasteiger partial charge in [-0.2, -0.15) is 0 Å². The fourth-order valence-electron chi connectivity index (χ4n) is 2.33. The van der Waals surface area contributed by atoms with E-state index < -0.39 is 0 Å². The van der Waals surface area contributed by atoms with Crippen molar-refractivity contribution in [2.75, 3.05) is 26.4 Å². The molecule has 2 aromatic rings. The van der Waals surface area contributed by atoms with Gasteiger partial charge in [0, 0.05) is 29.5 Å². The van der Waals surface area contributed by atoms with Crippen LogP contribution in [0, 0.1) is 0 Å². The summed E-state index contributed by atoms with van der Waals surface area (Å²) in [4.78, 5) is 16.4. The van der Waals surface area contributed by atoms with Gasteiger partial charge in [-0.1, -0.05) is 23.7 Å². The van der Waals surface area contributed by atoms with Crippen LogP contribution in [-0.2, 0) is 9.47 Å². The summed E-state index contributed by atoms with van der Waals surface area (Å²) in [6, 6.07) is 9.22. The second-order valence-corrected chi connectivity index (χ2v) is 5.68. The van der Waals surface area contributed by atoms with Crippen molar-refractivity contribution in [3.63, 3.8) is 0 Å². The summed E-state index contributed by atoms with van der Waals surface area (Å²) in [5.74, 6) is -0.178. The quantitative estimate of drug-likeness (QED) is 0.934. The summed E-state index contributed by atoms with van der Waals surface area (Å²) >= 11 is 5.89. The Labute approximate surface area is 139 Å². The maximum atomic E-state index is 12.3. The topological polar surface area (TPSA) is 60.5 Å². The molecule has 0 aliphatic carbocycles. The van der Waals surface area contributed by atoms with Crippen LogP contribution >= 0.6 is 11.6 Å². The van der Waals surface area contributed by atoms with Crippen molar-refractivity contribution in [2.24, 2.45) is 0 Å². The van der Waals surface area contributed by atoms with Gasteiger partial charge in [0.1, 0.15) is 0 Å². The maximum absolute atomic E-state index is 12.3. The third-order valence-electron chi connectivity index (χ3n) is 3.55. The Kier molecular flexibility index (Phi) is 5.23. The molecule has 1 aliphatic heterocycles. The van der Waals surface area contributed by atoms with E-state index in [0.29, 0.717) is 37.0 Å². The highest BCUT2D eigenvalue weighted by molar-refractivity contribution is 6.30. The highest BCUT2D eigenvalue weighted by Crippen LogP contribution is 2.21. The standard InChI is InChI=1S/C17H17ClN2O3/c18-15-3-1-12(2-4-15)13-7-14(9-19-8-13)17(21)20-10-16-11-22-5-6-23-16/h1-4,7-9,16H,5-6,10-11H2,(H,20,21). The second-order valence-electron chi connectivity index (χ2n) is 5.25. The van der Waals surface area contributed by atoms with Crippen molar-refractivity contribution < 1.29 is 14.3 Å². The lowest BCUT2D eigenvalue weighted by molar-refractivity contribution is -0.0855. The first-order valence-electron chi connectivity index (χ1n) is 7.41. The maximum Gasteiger partial charge on any atom is 0.252 e. The zero-order valence-corrected chi connectivity index (χ0v) is 13.3. The van der Waals surface area contributed by atoms with Crippen LogP contribution < -0.4 is 5.32 Å². The van der Waals surface area contributed by atoms with E-state index in [1.54, 1.807) is 12.4 Å². The van der Waals surface area contributed by atoms with E-state index in [1.807, 2.05) is 30.3 Å². The number of benzene rings is 1. The van der Waals surface area contributed by atoms with Gasteiger partial charge >= 0.3 is 0 Å². The van der Waals surface area contributed by atoms with Crippen LogP contribution in [0.2, 0.25) is 5.02 Å². The van der Waals surface area contributed by atoms with Gasteiger partial charge in [-0.3, -0.25) is 9.78 Å². The lowest BCUT2D eigenvalue weighted by atomic mass is 10.1. The van der Waals surface area contributed by atoms with Gasteiger partial charge in [0.25, 0.3) is 5.91 Å². The number of pyridine rings is 1. The van der Waals surface area contributed by atoms with Gasteiger partial charge in [0.2, 0.25) is 0 Å². The van der Waals surface area contributed by atoms with E-state index in [1.165, 1.54) is 0 Å². The van der Waals surface area contributed by atoms with Crippen molar-refractivity contribution >= 4 is 17.5 Å². The zero-order chi connectivity index (χ0) is 16.1. The molecule has 6 heteroatoms. The minimum atomic E-state index is -0.178. The fraction of sp³-hybridized carbons (Fsp3) is 0.294. The van der Waals surface area contributed by atoms with Crippen LogP contribution in [0.5, 0.6) is 0 Å². The number of ether oxygens (including phenoxy) is 2. The van der Waals surface area contributed by atoms with Gasteiger partial charge in [0.15, 0.2) is 0 Å². The minimum absolute atomic E-state index is 0.0971. The zero-order valence-electron chi connectivity index (χ0n) is 12.5. The Hall–Kier alpha value is -1.95. The lowest BCUT2D eigenvalue weighted by Crippen LogP contribution is -2.39. The predicted molar refractivity (Wildman–Crippen MR) is 87.6 cm³/mol. The number of halogens is 1. The average molecular weight is 333 g/mol. The molecule has 1 amide bonds. The first kappa shape index (κ1) is 15.9. The molecule has 2 heterocycles. The highest BCUT2D eigenvalue weighted by atomic mass is 35.5. The number of nitrogens with zero attached hydrogens (tertiary/aromatic N) is 1. The third kappa shape index (κ3) is 4.28. The summed E-state index contributed by atoms with van der Waals surface area (Å²) in [7, 11) is 0. The summed E-state index contributed by atoms with van der Waals surface area (Å²) in [5, 5.41) is 3.52. The first-order valence-corrected chi connectivity index (χ1v) is 7.79. The molecule has 1 atom stereocenters. The normalized spacial score (nSPS) is 17.7.